The number of carbonyl (C=O) groups excluding carboxylic acids is 2. The molecule has 2 fully saturated rings. The fourth-order valence-electron chi connectivity index (χ4n) is 3.71. The van der Waals surface area contributed by atoms with E-state index >= 15 is 0 Å². The number of nitrogens with zero attached hydrogens (tertiary/aromatic N) is 2. The fourth-order valence-corrected chi connectivity index (χ4v) is 5.02. The largest absolute Gasteiger partial charge is 0.338 e. The van der Waals surface area contributed by atoms with Crippen molar-refractivity contribution in [3.63, 3.8) is 0 Å². The van der Waals surface area contributed by atoms with Crippen LogP contribution in [0, 0.1) is 5.92 Å². The zero-order chi connectivity index (χ0) is 20.6. The molecule has 4 nitrogen and oxygen atoms in total. The molecule has 2 aliphatic rings. The summed E-state index contributed by atoms with van der Waals surface area (Å²) >= 11 is 1.71. The Morgan fingerprint density at radius 1 is 1.21 bits per heavy atom. The lowest BCUT2D eigenvalue weighted by Gasteiger charge is -2.31. The standard InChI is InChI=1S/C23H34N2O2S/c1-15(2)24(21(27)17-7-8-17)13-14-25-20(26)16(3)28-22(25)18-9-11-19(12-10-18)23(4,5)6/h9-12,15-17,22H,7-8,13-14H2,1-6H3/t16-,22-/m0/s1. The van der Waals surface area contributed by atoms with Crippen LogP contribution in [0.5, 0.6) is 0 Å². The minimum Gasteiger partial charge on any atom is -0.338 e. The highest BCUT2D eigenvalue weighted by atomic mass is 32.2. The van der Waals surface area contributed by atoms with Crippen molar-refractivity contribution in [1.29, 1.82) is 0 Å². The van der Waals surface area contributed by atoms with Crippen LogP contribution in [0.2, 0.25) is 0 Å². The zero-order valence-corrected chi connectivity index (χ0v) is 18.9. The minimum atomic E-state index is -0.0427. The Labute approximate surface area is 174 Å². The van der Waals surface area contributed by atoms with Gasteiger partial charge in [-0.05, 0) is 50.2 Å². The van der Waals surface area contributed by atoms with Crippen LogP contribution in [-0.4, -0.2) is 46.0 Å². The van der Waals surface area contributed by atoms with Gasteiger partial charge >= 0.3 is 0 Å². The van der Waals surface area contributed by atoms with Crippen molar-refractivity contribution in [1.82, 2.24) is 9.80 Å². The van der Waals surface area contributed by atoms with Gasteiger partial charge in [0.1, 0.15) is 5.37 Å². The van der Waals surface area contributed by atoms with E-state index in [4.69, 9.17) is 0 Å². The first kappa shape index (κ1) is 21.2. The van der Waals surface area contributed by atoms with E-state index in [2.05, 4.69) is 58.9 Å². The molecule has 3 rings (SSSR count). The first-order chi connectivity index (χ1) is 13.1. The number of carbonyl (C=O) groups is 2. The van der Waals surface area contributed by atoms with Crippen LogP contribution < -0.4 is 0 Å². The summed E-state index contributed by atoms with van der Waals surface area (Å²) in [6.07, 6.45) is 2.03. The highest BCUT2D eigenvalue weighted by Gasteiger charge is 2.40. The minimum absolute atomic E-state index is 0.0292. The first-order valence-electron chi connectivity index (χ1n) is 10.5. The quantitative estimate of drug-likeness (QED) is 0.698. The summed E-state index contributed by atoms with van der Waals surface area (Å²) in [5.41, 5.74) is 2.58. The van der Waals surface area contributed by atoms with Gasteiger partial charge in [0, 0.05) is 25.0 Å². The monoisotopic (exact) mass is 402 g/mol. The number of benzene rings is 1. The summed E-state index contributed by atoms with van der Waals surface area (Å²) in [5.74, 6) is 0.650. The van der Waals surface area contributed by atoms with Crippen LogP contribution in [-0.2, 0) is 15.0 Å². The van der Waals surface area contributed by atoms with Gasteiger partial charge in [0.05, 0.1) is 5.25 Å². The lowest BCUT2D eigenvalue weighted by Crippen LogP contribution is -2.44. The van der Waals surface area contributed by atoms with Gasteiger partial charge in [-0.3, -0.25) is 9.59 Å². The summed E-state index contributed by atoms with van der Waals surface area (Å²) in [6.45, 7) is 13.9. The molecule has 1 heterocycles. The van der Waals surface area contributed by atoms with E-state index in [0.29, 0.717) is 13.1 Å². The van der Waals surface area contributed by atoms with Crippen LogP contribution in [0.3, 0.4) is 0 Å². The lowest BCUT2D eigenvalue weighted by atomic mass is 9.86. The molecule has 1 aliphatic carbocycles. The average Bonchev–Trinajstić information content (AvgIpc) is 3.43. The van der Waals surface area contributed by atoms with E-state index in [-0.39, 0.29) is 39.8 Å². The maximum atomic E-state index is 12.8. The molecule has 0 bridgehead atoms. The van der Waals surface area contributed by atoms with Crippen molar-refractivity contribution in [2.24, 2.45) is 5.92 Å². The Balaban J connectivity index is 1.74. The van der Waals surface area contributed by atoms with Gasteiger partial charge in [0.25, 0.3) is 0 Å². The van der Waals surface area contributed by atoms with E-state index in [1.54, 1.807) is 11.8 Å². The second kappa shape index (κ2) is 8.10. The van der Waals surface area contributed by atoms with E-state index in [9.17, 15) is 9.59 Å². The molecule has 1 aromatic carbocycles. The van der Waals surface area contributed by atoms with E-state index in [0.717, 1.165) is 12.8 Å². The molecule has 1 saturated heterocycles. The second-order valence-corrected chi connectivity index (χ2v) is 10.9. The molecule has 2 amide bonds. The van der Waals surface area contributed by atoms with Gasteiger partial charge < -0.3 is 9.80 Å². The molecule has 0 aromatic heterocycles. The first-order valence-corrected chi connectivity index (χ1v) is 11.4. The van der Waals surface area contributed by atoms with E-state index in [1.165, 1.54) is 11.1 Å². The third-order valence-corrected chi connectivity index (χ3v) is 7.12. The molecule has 28 heavy (non-hydrogen) atoms. The molecule has 2 atom stereocenters. The van der Waals surface area contributed by atoms with E-state index in [1.807, 2.05) is 16.7 Å². The summed E-state index contributed by atoms with van der Waals surface area (Å²) in [6, 6.07) is 8.84. The number of thioether (sulfide) groups is 1. The molecule has 1 saturated carbocycles. The number of hydrogen-bond donors (Lipinski definition) is 0. The van der Waals surface area contributed by atoms with Gasteiger partial charge in [-0.1, -0.05) is 45.0 Å². The molecular formula is C23H34N2O2S. The molecule has 1 aliphatic heterocycles. The predicted octanol–water partition coefficient (Wildman–Crippen LogP) is 4.59. The molecule has 0 N–H and O–H groups in total. The van der Waals surface area contributed by atoms with Crippen molar-refractivity contribution in [3.05, 3.63) is 35.4 Å². The number of amides is 2. The number of hydrogen-bond acceptors (Lipinski definition) is 3. The molecule has 1 aromatic rings. The highest BCUT2D eigenvalue weighted by molar-refractivity contribution is 8.01. The molecular weight excluding hydrogens is 368 g/mol. The Morgan fingerprint density at radius 2 is 1.82 bits per heavy atom. The van der Waals surface area contributed by atoms with Crippen LogP contribution >= 0.6 is 11.8 Å². The summed E-state index contributed by atoms with van der Waals surface area (Å²) in [5, 5.41) is -0.0134. The van der Waals surface area contributed by atoms with Crippen LogP contribution in [0.25, 0.3) is 0 Å². The summed E-state index contributed by atoms with van der Waals surface area (Å²) < 4.78 is 0. The van der Waals surface area contributed by atoms with Crippen molar-refractivity contribution >= 4 is 23.6 Å². The summed E-state index contributed by atoms with van der Waals surface area (Å²) in [4.78, 5) is 29.3. The second-order valence-electron chi connectivity index (χ2n) is 9.43. The molecule has 0 radical (unpaired) electrons. The maximum absolute atomic E-state index is 12.8. The normalized spacial score (nSPS) is 22.8. The van der Waals surface area contributed by atoms with Crippen LogP contribution in [0.4, 0.5) is 0 Å². The van der Waals surface area contributed by atoms with E-state index < -0.39 is 0 Å². The Kier molecular flexibility index (Phi) is 6.14. The Hall–Kier alpha value is -1.49. The Morgan fingerprint density at radius 3 is 2.32 bits per heavy atom. The van der Waals surface area contributed by atoms with Crippen molar-refractivity contribution in [3.8, 4) is 0 Å². The molecule has 5 heteroatoms. The Bertz CT molecular complexity index is 719. The molecule has 0 spiro atoms. The van der Waals surface area contributed by atoms with Gasteiger partial charge in [-0.25, -0.2) is 0 Å². The van der Waals surface area contributed by atoms with Crippen molar-refractivity contribution in [2.75, 3.05) is 13.1 Å². The lowest BCUT2D eigenvalue weighted by molar-refractivity contribution is -0.136. The predicted molar refractivity (Wildman–Crippen MR) is 116 cm³/mol. The fraction of sp³-hybridized carbons (Fsp3) is 0.652. The van der Waals surface area contributed by atoms with Gasteiger partial charge in [-0.2, -0.15) is 0 Å². The topological polar surface area (TPSA) is 40.6 Å². The van der Waals surface area contributed by atoms with Gasteiger partial charge in [0.2, 0.25) is 11.8 Å². The number of rotatable bonds is 6. The van der Waals surface area contributed by atoms with Gasteiger partial charge in [0.15, 0.2) is 0 Å². The van der Waals surface area contributed by atoms with Crippen LogP contribution in [0.1, 0.15) is 70.9 Å². The average molecular weight is 403 g/mol. The van der Waals surface area contributed by atoms with Crippen molar-refractivity contribution in [2.45, 2.75) is 76.5 Å². The third-order valence-electron chi connectivity index (χ3n) is 5.72. The zero-order valence-electron chi connectivity index (χ0n) is 18.1. The SMILES string of the molecule is CC(C)N(CCN1C(=O)[C@H](C)S[C@H]1c1ccc(C(C)(C)C)cc1)C(=O)C1CC1. The van der Waals surface area contributed by atoms with Gasteiger partial charge in [-0.15, -0.1) is 11.8 Å². The third kappa shape index (κ3) is 4.56. The molecule has 154 valence electrons. The molecule has 0 unspecified atom stereocenters. The van der Waals surface area contributed by atoms with Crippen molar-refractivity contribution < 1.29 is 9.59 Å². The smallest absolute Gasteiger partial charge is 0.236 e. The highest BCUT2D eigenvalue weighted by Crippen LogP contribution is 2.43. The maximum Gasteiger partial charge on any atom is 0.236 e. The summed E-state index contributed by atoms with van der Waals surface area (Å²) in [7, 11) is 0. The van der Waals surface area contributed by atoms with Crippen LogP contribution in [0.15, 0.2) is 24.3 Å².